The van der Waals surface area contributed by atoms with Crippen molar-refractivity contribution in [1.82, 2.24) is 0 Å². The fourth-order valence-corrected chi connectivity index (χ4v) is 4.59. The highest BCUT2D eigenvalue weighted by molar-refractivity contribution is 6.30. The first-order valence-corrected chi connectivity index (χ1v) is 11.3. The smallest absolute Gasteiger partial charge is 0.142 e. The monoisotopic (exact) mass is 424 g/mol. The van der Waals surface area contributed by atoms with Crippen LogP contribution in [0, 0.1) is 11.6 Å². The lowest BCUT2D eigenvalue weighted by atomic mass is 9.82. The van der Waals surface area contributed by atoms with Crippen LogP contribution in [0.5, 0.6) is 0 Å². The molecule has 3 aromatic carbocycles. The molecule has 0 heterocycles. The topological polar surface area (TPSA) is 0 Å². The summed E-state index contributed by atoms with van der Waals surface area (Å²) >= 11 is 5.78. The zero-order chi connectivity index (χ0) is 21.1. The third-order valence-electron chi connectivity index (χ3n) is 6.15. The number of benzene rings is 3. The number of fused-ring (bicyclic) bond motifs is 3. The van der Waals surface area contributed by atoms with Crippen LogP contribution < -0.4 is 0 Å². The molecule has 156 valence electrons. The highest BCUT2D eigenvalue weighted by Crippen LogP contribution is 2.39. The fraction of sp³-hybridized carbons (Fsp3) is 0.333. The van der Waals surface area contributed by atoms with Gasteiger partial charge in [0.2, 0.25) is 0 Å². The SMILES string of the molecule is CCCCCCCc1ccc2c(c1)CCc1c-2ccc(-c2ccc(Cl)c(F)c2)c1F. The van der Waals surface area contributed by atoms with Crippen molar-refractivity contribution in [2.45, 2.75) is 58.3 Å². The Morgan fingerprint density at radius 3 is 2.37 bits per heavy atom. The Morgan fingerprint density at radius 1 is 0.800 bits per heavy atom. The molecule has 0 saturated carbocycles. The quantitative estimate of drug-likeness (QED) is 0.333. The maximum atomic E-state index is 15.4. The molecule has 3 heteroatoms. The van der Waals surface area contributed by atoms with Gasteiger partial charge in [-0.2, -0.15) is 0 Å². The largest absolute Gasteiger partial charge is 0.206 e. The second kappa shape index (κ2) is 9.31. The van der Waals surface area contributed by atoms with Crippen molar-refractivity contribution in [1.29, 1.82) is 0 Å². The number of unbranched alkanes of at least 4 members (excludes halogenated alkanes) is 4. The van der Waals surface area contributed by atoms with Crippen LogP contribution in [0.25, 0.3) is 22.3 Å². The first-order chi connectivity index (χ1) is 14.6. The Kier molecular flexibility index (Phi) is 6.53. The van der Waals surface area contributed by atoms with E-state index in [1.165, 1.54) is 55.4 Å². The van der Waals surface area contributed by atoms with Crippen LogP contribution in [0.1, 0.15) is 55.7 Å². The summed E-state index contributed by atoms with van der Waals surface area (Å²) in [5.41, 5.74) is 6.43. The summed E-state index contributed by atoms with van der Waals surface area (Å²) in [6, 6.07) is 14.8. The van der Waals surface area contributed by atoms with Gasteiger partial charge in [-0.25, -0.2) is 8.78 Å². The van der Waals surface area contributed by atoms with Gasteiger partial charge in [0, 0.05) is 5.56 Å². The summed E-state index contributed by atoms with van der Waals surface area (Å²) in [4.78, 5) is 0. The van der Waals surface area contributed by atoms with Crippen molar-refractivity contribution in [3.8, 4) is 22.3 Å². The second-order valence-electron chi connectivity index (χ2n) is 8.24. The molecule has 0 nitrogen and oxygen atoms in total. The van der Waals surface area contributed by atoms with Crippen molar-refractivity contribution in [3.63, 3.8) is 0 Å². The maximum Gasteiger partial charge on any atom is 0.142 e. The lowest BCUT2D eigenvalue weighted by Crippen LogP contribution is -2.08. The third-order valence-corrected chi connectivity index (χ3v) is 6.45. The van der Waals surface area contributed by atoms with E-state index in [-0.39, 0.29) is 10.8 Å². The predicted octanol–water partition coefficient (Wildman–Crippen LogP) is 8.56. The van der Waals surface area contributed by atoms with Crippen molar-refractivity contribution < 1.29 is 8.78 Å². The molecule has 0 spiro atoms. The van der Waals surface area contributed by atoms with Gasteiger partial charge in [-0.05, 0) is 71.2 Å². The lowest BCUT2D eigenvalue weighted by molar-refractivity contribution is 0.610. The molecule has 0 aliphatic heterocycles. The van der Waals surface area contributed by atoms with Crippen molar-refractivity contribution in [3.05, 3.63) is 81.9 Å². The maximum absolute atomic E-state index is 15.4. The summed E-state index contributed by atoms with van der Waals surface area (Å²) in [6.07, 6.45) is 9.02. The van der Waals surface area contributed by atoms with E-state index in [0.717, 1.165) is 29.5 Å². The van der Waals surface area contributed by atoms with Crippen LogP contribution in [-0.2, 0) is 19.3 Å². The predicted molar refractivity (Wildman–Crippen MR) is 122 cm³/mol. The van der Waals surface area contributed by atoms with E-state index in [9.17, 15) is 4.39 Å². The van der Waals surface area contributed by atoms with Gasteiger partial charge in [0.1, 0.15) is 11.6 Å². The Labute approximate surface area is 182 Å². The number of aryl methyl sites for hydroxylation is 2. The zero-order valence-electron chi connectivity index (χ0n) is 17.4. The summed E-state index contributed by atoms with van der Waals surface area (Å²) < 4.78 is 29.2. The van der Waals surface area contributed by atoms with E-state index < -0.39 is 5.82 Å². The Bertz CT molecular complexity index is 1050. The third kappa shape index (κ3) is 4.30. The molecule has 0 N–H and O–H groups in total. The molecule has 0 fully saturated rings. The van der Waals surface area contributed by atoms with Crippen LogP contribution in [0.4, 0.5) is 8.78 Å². The molecule has 0 saturated heterocycles. The molecule has 3 aromatic rings. The van der Waals surface area contributed by atoms with Gasteiger partial charge in [-0.3, -0.25) is 0 Å². The minimum atomic E-state index is -0.529. The highest BCUT2D eigenvalue weighted by Gasteiger charge is 2.22. The van der Waals surface area contributed by atoms with E-state index >= 15 is 4.39 Å². The summed E-state index contributed by atoms with van der Waals surface area (Å²) in [5.74, 6) is -0.779. The molecule has 1 aliphatic rings. The highest BCUT2D eigenvalue weighted by atomic mass is 35.5. The van der Waals surface area contributed by atoms with Crippen molar-refractivity contribution in [2.75, 3.05) is 0 Å². The zero-order valence-corrected chi connectivity index (χ0v) is 18.2. The lowest BCUT2D eigenvalue weighted by Gasteiger charge is -2.22. The number of hydrogen-bond donors (Lipinski definition) is 0. The minimum Gasteiger partial charge on any atom is -0.206 e. The van der Waals surface area contributed by atoms with E-state index in [1.807, 2.05) is 6.07 Å². The molecule has 0 atom stereocenters. The van der Waals surface area contributed by atoms with Gasteiger partial charge in [0.25, 0.3) is 0 Å². The fourth-order valence-electron chi connectivity index (χ4n) is 4.47. The van der Waals surface area contributed by atoms with Crippen LogP contribution in [0.2, 0.25) is 5.02 Å². The van der Waals surface area contributed by atoms with Crippen LogP contribution >= 0.6 is 11.6 Å². The van der Waals surface area contributed by atoms with Gasteiger partial charge >= 0.3 is 0 Å². The van der Waals surface area contributed by atoms with Crippen LogP contribution in [-0.4, -0.2) is 0 Å². The van der Waals surface area contributed by atoms with E-state index in [2.05, 4.69) is 25.1 Å². The summed E-state index contributed by atoms with van der Waals surface area (Å²) in [6.45, 7) is 2.24. The van der Waals surface area contributed by atoms with Gasteiger partial charge in [0.05, 0.1) is 5.02 Å². The van der Waals surface area contributed by atoms with Crippen molar-refractivity contribution >= 4 is 11.6 Å². The van der Waals surface area contributed by atoms with E-state index in [1.54, 1.807) is 12.1 Å². The molecule has 30 heavy (non-hydrogen) atoms. The molecule has 0 radical (unpaired) electrons. The van der Waals surface area contributed by atoms with Gasteiger partial charge in [-0.1, -0.05) is 80.6 Å². The summed E-state index contributed by atoms with van der Waals surface area (Å²) in [7, 11) is 0. The van der Waals surface area contributed by atoms with Gasteiger partial charge in [-0.15, -0.1) is 0 Å². The first-order valence-electron chi connectivity index (χ1n) is 11.0. The average molecular weight is 425 g/mol. The molecular weight excluding hydrogens is 398 g/mol. The molecule has 0 aromatic heterocycles. The molecule has 1 aliphatic carbocycles. The van der Waals surface area contributed by atoms with Crippen LogP contribution in [0.3, 0.4) is 0 Å². The second-order valence-corrected chi connectivity index (χ2v) is 8.65. The van der Waals surface area contributed by atoms with Crippen LogP contribution in [0.15, 0.2) is 48.5 Å². The molecule has 0 bridgehead atoms. The number of halogens is 3. The standard InChI is InChI=1S/C27H27ClF2/c1-2-3-4-5-6-7-18-8-11-21-19(16-18)9-12-24-23(21)14-13-22(27(24)30)20-10-15-25(28)26(29)17-20/h8,10-11,13-17H,2-7,9,12H2,1H3. The van der Waals surface area contributed by atoms with E-state index in [4.69, 9.17) is 11.6 Å². The minimum absolute atomic E-state index is 0.0483. The molecule has 0 amide bonds. The average Bonchev–Trinajstić information content (AvgIpc) is 2.75. The number of rotatable bonds is 7. The molecular formula is C27H27ClF2. The summed E-state index contributed by atoms with van der Waals surface area (Å²) in [5, 5.41) is 0.0483. The number of hydrogen-bond acceptors (Lipinski definition) is 0. The first kappa shape index (κ1) is 21.1. The van der Waals surface area contributed by atoms with E-state index in [0.29, 0.717) is 17.5 Å². The Morgan fingerprint density at radius 2 is 1.57 bits per heavy atom. The normalized spacial score (nSPS) is 12.5. The van der Waals surface area contributed by atoms with Gasteiger partial charge in [0.15, 0.2) is 0 Å². The van der Waals surface area contributed by atoms with Gasteiger partial charge < -0.3 is 0 Å². The van der Waals surface area contributed by atoms with Crippen molar-refractivity contribution in [2.24, 2.45) is 0 Å². The molecule has 4 rings (SSSR count). The molecule has 0 unspecified atom stereocenters. The Balaban J connectivity index is 1.59. The Hall–Kier alpha value is -2.19.